The second-order valence-corrected chi connectivity index (χ2v) is 15.5. The number of aromatic amines is 1. The zero-order valence-corrected chi connectivity index (χ0v) is 33.3. The number of fused-ring (bicyclic) bond motifs is 4. The van der Waals surface area contributed by atoms with E-state index in [4.69, 9.17) is 14.2 Å². The number of benzene rings is 4. The molecule has 0 saturated carbocycles. The number of aliphatic hydroxyl groups is 1. The van der Waals surface area contributed by atoms with Gasteiger partial charge in [0.15, 0.2) is 0 Å². The summed E-state index contributed by atoms with van der Waals surface area (Å²) in [5, 5.41) is 27.8. The molecule has 1 aromatic heterocycles. The number of aliphatic hydroxyl groups excluding tert-OH is 1. The van der Waals surface area contributed by atoms with Crippen LogP contribution in [0.3, 0.4) is 0 Å². The lowest BCUT2D eigenvalue weighted by Gasteiger charge is -2.43. The molecule has 5 N–H and O–H groups in total. The third-order valence-electron chi connectivity index (χ3n) is 11.4. The number of nitrogens with one attached hydrogen (secondary N) is 3. The van der Waals surface area contributed by atoms with Crippen molar-refractivity contribution in [3.05, 3.63) is 141 Å². The van der Waals surface area contributed by atoms with Gasteiger partial charge in [0.1, 0.15) is 24.2 Å². The molecular formula is C47H54N4O8. The first-order chi connectivity index (χ1) is 28.8. The zero-order chi connectivity index (χ0) is 41.0. The molecule has 5 aromatic rings. The van der Waals surface area contributed by atoms with E-state index in [1.54, 1.807) is 24.3 Å². The average molecular weight is 803 g/mol. The highest BCUT2D eigenvalue weighted by Gasteiger charge is 2.37. The first kappa shape index (κ1) is 41.5. The minimum Gasteiger partial charge on any atom is -0.506 e. The summed E-state index contributed by atoms with van der Waals surface area (Å²) in [6.45, 7) is 4.72. The Hall–Kier alpha value is -5.69. The normalized spacial score (nSPS) is 18.2. The van der Waals surface area contributed by atoms with Crippen LogP contribution in [-0.4, -0.2) is 77.6 Å². The Balaban J connectivity index is 0.792. The third-order valence-corrected chi connectivity index (χ3v) is 11.4. The molecule has 4 aromatic carbocycles. The van der Waals surface area contributed by atoms with Crippen LogP contribution in [0.25, 0.3) is 10.9 Å². The van der Waals surface area contributed by atoms with Crippen LogP contribution in [0.1, 0.15) is 89.7 Å². The van der Waals surface area contributed by atoms with Gasteiger partial charge in [0.05, 0.1) is 29.8 Å². The maximum atomic E-state index is 13.2. The maximum Gasteiger partial charge on any atom is 0.408 e. The Morgan fingerprint density at radius 3 is 2.39 bits per heavy atom. The van der Waals surface area contributed by atoms with Crippen molar-refractivity contribution in [3.8, 4) is 11.5 Å². The van der Waals surface area contributed by atoms with E-state index in [0.717, 1.165) is 87.8 Å². The number of aromatic hydroxyl groups is 1. The molecule has 310 valence electrons. The number of piperidine rings is 3. The van der Waals surface area contributed by atoms with Crippen LogP contribution in [0, 0.1) is 5.92 Å². The Bertz CT molecular complexity index is 2200. The van der Waals surface area contributed by atoms with Crippen molar-refractivity contribution in [3.63, 3.8) is 0 Å². The summed E-state index contributed by atoms with van der Waals surface area (Å²) in [5.74, 6) is 0.699. The number of hydrogen-bond acceptors (Lipinski definition) is 10. The van der Waals surface area contributed by atoms with Gasteiger partial charge >= 0.3 is 12.1 Å². The fourth-order valence-electron chi connectivity index (χ4n) is 8.05. The third kappa shape index (κ3) is 11.3. The first-order valence-corrected chi connectivity index (χ1v) is 20.8. The summed E-state index contributed by atoms with van der Waals surface area (Å²) < 4.78 is 17.7. The Labute approximate surface area is 344 Å². The quantitative estimate of drug-likeness (QED) is 0.0428. The smallest absolute Gasteiger partial charge is 0.408 e. The number of carbonyl (C=O) groups is 2. The number of phenols is 1. The first-order valence-electron chi connectivity index (χ1n) is 20.8. The number of hydrogen-bond donors (Lipinski definition) is 5. The minimum atomic E-state index is -0.784. The summed E-state index contributed by atoms with van der Waals surface area (Å²) >= 11 is 0. The maximum absolute atomic E-state index is 13.2. The van der Waals surface area contributed by atoms with Gasteiger partial charge in [-0.05, 0) is 110 Å². The van der Waals surface area contributed by atoms with E-state index in [2.05, 4.69) is 20.5 Å². The van der Waals surface area contributed by atoms with Gasteiger partial charge in [-0.1, -0.05) is 79.9 Å². The number of esters is 1. The summed E-state index contributed by atoms with van der Waals surface area (Å²) in [7, 11) is 0. The number of unbranched alkanes of at least 4 members (excludes halogenated alkanes) is 4. The van der Waals surface area contributed by atoms with Crippen molar-refractivity contribution >= 4 is 23.0 Å². The summed E-state index contributed by atoms with van der Waals surface area (Å²) in [6, 6.07) is 30.5. The number of carbonyl (C=O) groups excluding carboxylic acids is 2. The molecule has 3 saturated heterocycles. The zero-order valence-electron chi connectivity index (χ0n) is 33.3. The van der Waals surface area contributed by atoms with E-state index in [9.17, 15) is 24.6 Å². The molecule has 1 amide bonds. The van der Waals surface area contributed by atoms with E-state index < -0.39 is 18.2 Å². The molecule has 3 unspecified atom stereocenters. The molecule has 8 rings (SSSR count). The van der Waals surface area contributed by atoms with Crippen molar-refractivity contribution in [2.45, 2.75) is 69.8 Å². The number of amides is 1. The van der Waals surface area contributed by atoms with Crippen molar-refractivity contribution in [1.82, 2.24) is 20.5 Å². The fraction of sp³-hybridized carbons (Fsp3) is 0.383. The van der Waals surface area contributed by atoms with Gasteiger partial charge in [-0.3, -0.25) is 9.69 Å². The summed E-state index contributed by atoms with van der Waals surface area (Å²) in [6.07, 6.45) is 5.53. The van der Waals surface area contributed by atoms with Crippen LogP contribution in [0.4, 0.5) is 4.79 Å². The lowest BCUT2D eigenvalue weighted by molar-refractivity contribution is -0.0336. The van der Waals surface area contributed by atoms with E-state index >= 15 is 0 Å². The SMILES string of the molecule is O=C(NC(c1ccccc1)c1cccc(OCc2ccc(C(=O)OCCCCCCCNCC(O)c3ccc(O)c4[nH]c(=O)ccc34)cc2)c1)OC1CN2CCC1CC2. The van der Waals surface area contributed by atoms with E-state index in [0.29, 0.717) is 53.5 Å². The van der Waals surface area contributed by atoms with Crippen LogP contribution in [0.2, 0.25) is 0 Å². The standard InChI is InChI=1S/C47H54N4O8/c52-40-20-18-38(39-19-21-43(54)49-45(39)40)41(53)29-48-24-7-2-1-3-8-27-57-46(55)35-16-14-32(15-17-35)31-58-37-13-9-12-36(28-37)44(34-10-5-4-6-11-34)50-47(56)59-42-30-51-25-22-33(42)23-26-51/h4-6,9-21,28,33,41-42,44,48,52-53H,1-3,7-8,22-27,29-31H2,(H,49,54)(H,50,56). The number of pyridine rings is 1. The van der Waals surface area contributed by atoms with Crippen molar-refractivity contribution in [2.24, 2.45) is 5.92 Å². The number of H-pyrrole nitrogens is 1. The highest BCUT2D eigenvalue weighted by atomic mass is 16.6. The van der Waals surface area contributed by atoms with Crippen LogP contribution in [-0.2, 0) is 16.1 Å². The van der Waals surface area contributed by atoms with Crippen LogP contribution in [0.15, 0.2) is 108 Å². The van der Waals surface area contributed by atoms with E-state index in [-0.39, 0.29) is 23.4 Å². The number of ether oxygens (including phenoxy) is 3. The highest BCUT2D eigenvalue weighted by Crippen LogP contribution is 2.31. The Morgan fingerprint density at radius 1 is 0.847 bits per heavy atom. The minimum absolute atomic E-state index is 0.0319. The summed E-state index contributed by atoms with van der Waals surface area (Å²) in [5.41, 5.74) is 3.86. The van der Waals surface area contributed by atoms with Crippen molar-refractivity contribution in [1.29, 1.82) is 0 Å². The number of alkyl carbamates (subject to hydrolysis) is 1. The van der Waals surface area contributed by atoms with Crippen molar-refractivity contribution in [2.75, 3.05) is 39.3 Å². The van der Waals surface area contributed by atoms with Gasteiger partial charge in [0.25, 0.3) is 0 Å². The average Bonchev–Trinajstić information content (AvgIpc) is 3.26. The lowest BCUT2D eigenvalue weighted by Crippen LogP contribution is -2.52. The predicted molar refractivity (Wildman–Crippen MR) is 226 cm³/mol. The fourth-order valence-corrected chi connectivity index (χ4v) is 8.05. The molecule has 12 nitrogen and oxygen atoms in total. The van der Waals surface area contributed by atoms with Crippen LogP contribution < -0.4 is 20.9 Å². The second-order valence-electron chi connectivity index (χ2n) is 15.5. The Morgan fingerprint density at radius 2 is 1.61 bits per heavy atom. The molecule has 3 fully saturated rings. The van der Waals surface area contributed by atoms with E-state index in [1.807, 2.05) is 66.7 Å². The Kier molecular flexibility index (Phi) is 14.3. The molecule has 59 heavy (non-hydrogen) atoms. The van der Waals surface area contributed by atoms with Crippen molar-refractivity contribution < 1.29 is 34.0 Å². The lowest BCUT2D eigenvalue weighted by atomic mass is 9.86. The second kappa shape index (κ2) is 20.3. The molecule has 12 heteroatoms. The topological polar surface area (TPSA) is 162 Å². The number of nitrogens with zero attached hydrogens (tertiary/aromatic N) is 1. The monoisotopic (exact) mass is 802 g/mol. The van der Waals surface area contributed by atoms with E-state index in [1.165, 1.54) is 12.1 Å². The number of rotatable bonds is 19. The highest BCUT2D eigenvalue weighted by molar-refractivity contribution is 5.89. The molecule has 3 aliphatic heterocycles. The largest absolute Gasteiger partial charge is 0.506 e. The summed E-state index contributed by atoms with van der Waals surface area (Å²) in [4.78, 5) is 42.5. The molecule has 0 radical (unpaired) electrons. The molecule has 4 heterocycles. The molecule has 3 atom stereocenters. The predicted octanol–water partition coefficient (Wildman–Crippen LogP) is 7.15. The van der Waals surface area contributed by atoms with Gasteiger partial charge in [-0.15, -0.1) is 0 Å². The number of aromatic nitrogens is 1. The van der Waals surface area contributed by atoms with Gasteiger partial charge in [-0.25, -0.2) is 9.59 Å². The van der Waals surface area contributed by atoms with Gasteiger partial charge < -0.3 is 40.0 Å². The van der Waals surface area contributed by atoms with Crippen LogP contribution in [0.5, 0.6) is 11.5 Å². The molecule has 2 bridgehead atoms. The van der Waals surface area contributed by atoms with Crippen LogP contribution >= 0.6 is 0 Å². The molecular weight excluding hydrogens is 749 g/mol. The number of phenolic OH excluding ortho intramolecular Hbond substituents is 1. The van der Waals surface area contributed by atoms with Gasteiger partial charge in [0, 0.05) is 24.5 Å². The molecule has 0 aliphatic carbocycles. The van der Waals surface area contributed by atoms with Gasteiger partial charge in [0.2, 0.25) is 5.56 Å². The molecule has 3 aliphatic rings. The van der Waals surface area contributed by atoms with Gasteiger partial charge in [-0.2, -0.15) is 0 Å². The molecule has 0 spiro atoms.